The highest BCUT2D eigenvalue weighted by Crippen LogP contribution is 2.45. The fourth-order valence-electron chi connectivity index (χ4n) is 7.36. The van der Waals surface area contributed by atoms with Crippen molar-refractivity contribution in [2.75, 3.05) is 0 Å². The quantitative estimate of drug-likeness (QED) is 0.162. The number of fused-ring (bicyclic) bond motifs is 3. The van der Waals surface area contributed by atoms with Gasteiger partial charge in [-0.15, -0.1) is 22.7 Å². The van der Waals surface area contributed by atoms with Crippen molar-refractivity contribution in [1.82, 2.24) is 19.9 Å². The second-order valence-electron chi connectivity index (χ2n) is 12.8. The van der Waals surface area contributed by atoms with E-state index in [2.05, 4.69) is 143 Å². The van der Waals surface area contributed by atoms with Crippen molar-refractivity contribution in [3.8, 4) is 67.3 Å². The Kier molecular flexibility index (Phi) is 7.48. The Hall–Kier alpha value is -6.34. The van der Waals surface area contributed by atoms with E-state index in [1.165, 1.54) is 32.7 Å². The highest BCUT2D eigenvalue weighted by atomic mass is 32.1. The molecule has 6 heteroatoms. The zero-order valence-corrected chi connectivity index (χ0v) is 29.4. The van der Waals surface area contributed by atoms with E-state index in [4.69, 9.17) is 9.97 Å². The van der Waals surface area contributed by atoms with Crippen LogP contribution in [-0.2, 0) is 0 Å². The molecule has 4 aromatic heterocycles. The van der Waals surface area contributed by atoms with Crippen LogP contribution in [0.5, 0.6) is 0 Å². The first kappa shape index (κ1) is 30.5. The van der Waals surface area contributed by atoms with E-state index >= 15 is 0 Å². The van der Waals surface area contributed by atoms with Gasteiger partial charge < -0.3 is 0 Å². The van der Waals surface area contributed by atoms with Crippen LogP contribution in [0, 0.1) is 0 Å². The van der Waals surface area contributed by atoms with Gasteiger partial charge in [-0.05, 0) is 83.9 Å². The average Bonchev–Trinajstić information content (AvgIpc) is 3.96. The van der Waals surface area contributed by atoms with Crippen molar-refractivity contribution < 1.29 is 0 Å². The highest BCUT2D eigenvalue weighted by molar-refractivity contribution is 7.08. The summed E-state index contributed by atoms with van der Waals surface area (Å²) in [6.07, 6.45) is 3.98. The maximum absolute atomic E-state index is 4.90. The maximum atomic E-state index is 4.90. The molecule has 0 aliphatic carbocycles. The van der Waals surface area contributed by atoms with Crippen molar-refractivity contribution in [3.05, 3.63) is 168 Å². The topological polar surface area (TPSA) is 51.6 Å². The number of thiazole rings is 2. The summed E-state index contributed by atoms with van der Waals surface area (Å²) < 4.78 is 0. The molecule has 0 saturated carbocycles. The molecular weight excluding hydrogens is 673 g/mol. The van der Waals surface area contributed by atoms with Gasteiger partial charge in [0.15, 0.2) is 0 Å². The Morgan fingerprint density at radius 3 is 1.46 bits per heavy atom. The van der Waals surface area contributed by atoms with Gasteiger partial charge in [-0.3, -0.25) is 9.97 Å². The summed E-state index contributed by atoms with van der Waals surface area (Å²) in [5.41, 5.74) is 16.4. The number of benzene rings is 6. The SMILES string of the molecule is c1ccc2c(-c3ccc(-c4ccc5c(-c6ccc(-c7cscn7)nc6)c6ccccc6c(-c6ccc(-c7cscn7)nc6)c5c4)cc3)cccc2c1. The third-order valence-electron chi connectivity index (χ3n) is 9.84. The molecule has 0 bridgehead atoms. The van der Waals surface area contributed by atoms with E-state index in [0.717, 1.165) is 66.9 Å². The van der Waals surface area contributed by atoms with Crippen molar-refractivity contribution >= 4 is 55.0 Å². The molecule has 0 fully saturated rings. The molecular formula is C46H28N4S2. The highest BCUT2D eigenvalue weighted by Gasteiger charge is 2.19. The molecule has 244 valence electrons. The summed E-state index contributed by atoms with van der Waals surface area (Å²) >= 11 is 3.16. The van der Waals surface area contributed by atoms with E-state index in [1.807, 2.05) is 34.2 Å². The Labute approximate surface area is 308 Å². The third-order valence-corrected chi connectivity index (χ3v) is 11.0. The molecule has 10 rings (SSSR count). The van der Waals surface area contributed by atoms with Crippen LogP contribution in [0.4, 0.5) is 0 Å². The summed E-state index contributed by atoms with van der Waals surface area (Å²) in [6.45, 7) is 0. The van der Waals surface area contributed by atoms with Gasteiger partial charge in [0.05, 0.1) is 33.8 Å². The number of hydrogen-bond acceptors (Lipinski definition) is 6. The van der Waals surface area contributed by atoms with Gasteiger partial charge in [0.25, 0.3) is 0 Å². The molecule has 4 heterocycles. The Bertz CT molecular complexity index is 2860. The molecule has 0 radical (unpaired) electrons. The van der Waals surface area contributed by atoms with Gasteiger partial charge in [0, 0.05) is 34.3 Å². The van der Waals surface area contributed by atoms with E-state index in [1.54, 1.807) is 22.7 Å². The molecule has 0 atom stereocenters. The Morgan fingerprint density at radius 2 is 0.865 bits per heavy atom. The van der Waals surface area contributed by atoms with Crippen LogP contribution in [-0.4, -0.2) is 19.9 Å². The number of nitrogens with zero attached hydrogens (tertiary/aromatic N) is 4. The van der Waals surface area contributed by atoms with E-state index in [0.29, 0.717) is 0 Å². The predicted octanol–water partition coefficient (Wildman–Crippen LogP) is 12.9. The van der Waals surface area contributed by atoms with Crippen LogP contribution in [0.3, 0.4) is 0 Å². The Balaban J connectivity index is 1.16. The second-order valence-corrected chi connectivity index (χ2v) is 14.2. The smallest absolute Gasteiger partial charge is 0.0995 e. The first-order chi connectivity index (χ1) is 25.8. The second kappa shape index (κ2) is 12.8. The minimum atomic E-state index is 0.869. The lowest BCUT2D eigenvalue weighted by Crippen LogP contribution is -1.93. The predicted molar refractivity (Wildman–Crippen MR) is 219 cm³/mol. The van der Waals surface area contributed by atoms with E-state index in [9.17, 15) is 0 Å². The molecule has 0 unspecified atom stereocenters. The number of hydrogen-bond donors (Lipinski definition) is 0. The molecule has 6 aromatic carbocycles. The van der Waals surface area contributed by atoms with Crippen LogP contribution < -0.4 is 0 Å². The zero-order chi connectivity index (χ0) is 34.4. The van der Waals surface area contributed by atoms with Gasteiger partial charge in [-0.2, -0.15) is 0 Å². The van der Waals surface area contributed by atoms with Crippen LogP contribution in [0.1, 0.15) is 0 Å². The summed E-state index contributed by atoms with van der Waals surface area (Å²) in [4.78, 5) is 18.7. The van der Waals surface area contributed by atoms with Crippen LogP contribution in [0.25, 0.3) is 99.6 Å². The first-order valence-corrected chi connectivity index (χ1v) is 18.9. The molecule has 0 N–H and O–H groups in total. The molecule has 0 spiro atoms. The van der Waals surface area contributed by atoms with Gasteiger partial charge in [0.2, 0.25) is 0 Å². The van der Waals surface area contributed by atoms with E-state index in [-0.39, 0.29) is 0 Å². The van der Waals surface area contributed by atoms with Gasteiger partial charge in [-0.1, -0.05) is 115 Å². The first-order valence-electron chi connectivity index (χ1n) is 17.1. The van der Waals surface area contributed by atoms with Crippen molar-refractivity contribution in [3.63, 3.8) is 0 Å². The number of pyridine rings is 2. The lowest BCUT2D eigenvalue weighted by molar-refractivity contribution is 1.28. The molecule has 10 aromatic rings. The summed E-state index contributed by atoms with van der Waals surface area (Å²) in [5, 5.41) is 11.2. The molecule has 0 saturated heterocycles. The number of aromatic nitrogens is 4. The van der Waals surface area contributed by atoms with Crippen LogP contribution in [0.15, 0.2) is 168 Å². The fraction of sp³-hybridized carbons (Fsp3) is 0. The normalized spacial score (nSPS) is 11.5. The fourth-order valence-corrected chi connectivity index (χ4v) is 8.46. The van der Waals surface area contributed by atoms with Crippen molar-refractivity contribution in [1.29, 1.82) is 0 Å². The van der Waals surface area contributed by atoms with Crippen LogP contribution in [0.2, 0.25) is 0 Å². The largest absolute Gasteiger partial charge is 0.254 e. The average molecular weight is 701 g/mol. The lowest BCUT2D eigenvalue weighted by Gasteiger charge is -2.19. The van der Waals surface area contributed by atoms with Gasteiger partial charge >= 0.3 is 0 Å². The molecule has 52 heavy (non-hydrogen) atoms. The minimum Gasteiger partial charge on any atom is -0.254 e. The minimum absolute atomic E-state index is 0.869. The summed E-state index contributed by atoms with van der Waals surface area (Å²) in [5.74, 6) is 0. The third kappa shape index (κ3) is 5.28. The standard InChI is InChI=1S/C46H28N4S2/c1-2-8-35-30(6-1)7-5-11-36(35)31-14-12-29(13-15-31)32-16-19-39-40(22-32)46(34-18-21-42(48-24-34)44-26-52-28-50-44)38-10-4-3-9-37(38)45(39)33-17-20-41(47-23-33)43-25-51-27-49-43/h1-28H. The molecule has 4 nitrogen and oxygen atoms in total. The van der Waals surface area contributed by atoms with Gasteiger partial charge in [0.1, 0.15) is 0 Å². The van der Waals surface area contributed by atoms with Crippen molar-refractivity contribution in [2.45, 2.75) is 0 Å². The molecule has 0 amide bonds. The molecule has 0 aliphatic rings. The van der Waals surface area contributed by atoms with Crippen LogP contribution >= 0.6 is 22.7 Å². The summed E-state index contributed by atoms with van der Waals surface area (Å²) in [7, 11) is 0. The van der Waals surface area contributed by atoms with E-state index < -0.39 is 0 Å². The summed E-state index contributed by atoms with van der Waals surface area (Å²) in [6, 6.07) is 48.1. The van der Waals surface area contributed by atoms with Crippen molar-refractivity contribution in [2.24, 2.45) is 0 Å². The monoisotopic (exact) mass is 700 g/mol. The Morgan fingerprint density at radius 1 is 0.346 bits per heavy atom. The zero-order valence-electron chi connectivity index (χ0n) is 27.8. The molecule has 0 aliphatic heterocycles. The maximum Gasteiger partial charge on any atom is 0.0995 e. The van der Waals surface area contributed by atoms with Gasteiger partial charge in [-0.25, -0.2) is 9.97 Å². The lowest BCUT2D eigenvalue weighted by atomic mass is 9.85. The number of rotatable bonds is 6.